The Labute approximate surface area is 94.3 Å². The SMILES string of the molecule is CS(=O)CCNc1ccccc1C(F)(F)F. The molecule has 1 aromatic rings. The van der Waals surface area contributed by atoms with E-state index in [0.717, 1.165) is 6.07 Å². The first kappa shape index (κ1) is 13.0. The van der Waals surface area contributed by atoms with Crippen molar-refractivity contribution in [2.75, 3.05) is 23.9 Å². The molecule has 0 aliphatic heterocycles. The summed E-state index contributed by atoms with van der Waals surface area (Å²) in [6.45, 7) is 0.260. The molecule has 1 unspecified atom stereocenters. The highest BCUT2D eigenvalue weighted by molar-refractivity contribution is 7.84. The summed E-state index contributed by atoms with van der Waals surface area (Å²) in [5.74, 6) is 0.326. The second-order valence-electron chi connectivity index (χ2n) is 3.25. The van der Waals surface area contributed by atoms with Crippen LogP contribution in [-0.2, 0) is 17.0 Å². The molecule has 0 aromatic heterocycles. The molecule has 2 nitrogen and oxygen atoms in total. The molecule has 16 heavy (non-hydrogen) atoms. The highest BCUT2D eigenvalue weighted by Gasteiger charge is 2.32. The Hall–Kier alpha value is -1.04. The molecule has 0 aliphatic carbocycles. The van der Waals surface area contributed by atoms with Gasteiger partial charge >= 0.3 is 6.18 Å². The van der Waals surface area contributed by atoms with Gasteiger partial charge in [0.2, 0.25) is 0 Å². The first-order valence-electron chi connectivity index (χ1n) is 4.61. The van der Waals surface area contributed by atoms with Crippen LogP contribution in [0.2, 0.25) is 0 Å². The predicted molar refractivity (Wildman–Crippen MR) is 58.9 cm³/mol. The number of hydrogen-bond donors (Lipinski definition) is 1. The van der Waals surface area contributed by atoms with Gasteiger partial charge in [0.05, 0.1) is 5.56 Å². The van der Waals surface area contributed by atoms with Crippen LogP contribution in [0.15, 0.2) is 24.3 Å². The Morgan fingerprint density at radius 1 is 1.31 bits per heavy atom. The van der Waals surface area contributed by atoms with E-state index in [9.17, 15) is 17.4 Å². The number of nitrogens with one attached hydrogen (secondary N) is 1. The maximum absolute atomic E-state index is 12.5. The third kappa shape index (κ3) is 3.84. The lowest BCUT2D eigenvalue weighted by molar-refractivity contribution is -0.136. The Morgan fingerprint density at radius 2 is 1.94 bits per heavy atom. The third-order valence-electron chi connectivity index (χ3n) is 1.94. The quantitative estimate of drug-likeness (QED) is 0.890. The monoisotopic (exact) mass is 251 g/mol. The molecule has 1 aromatic carbocycles. The van der Waals surface area contributed by atoms with Gasteiger partial charge in [0.1, 0.15) is 0 Å². The van der Waals surface area contributed by atoms with Crippen molar-refractivity contribution in [1.29, 1.82) is 0 Å². The van der Waals surface area contributed by atoms with Gasteiger partial charge in [-0.3, -0.25) is 4.21 Å². The molecule has 0 saturated carbocycles. The van der Waals surface area contributed by atoms with E-state index < -0.39 is 22.5 Å². The minimum Gasteiger partial charge on any atom is -0.384 e. The highest BCUT2D eigenvalue weighted by atomic mass is 32.2. The third-order valence-corrected chi connectivity index (χ3v) is 2.72. The zero-order valence-corrected chi connectivity index (χ0v) is 9.49. The van der Waals surface area contributed by atoms with Gasteiger partial charge < -0.3 is 5.32 Å². The average molecular weight is 251 g/mol. The summed E-state index contributed by atoms with van der Waals surface area (Å²) >= 11 is 0. The molecule has 6 heteroatoms. The van der Waals surface area contributed by atoms with Gasteiger partial charge in [0.15, 0.2) is 0 Å². The summed E-state index contributed by atoms with van der Waals surface area (Å²) < 4.78 is 48.4. The summed E-state index contributed by atoms with van der Waals surface area (Å²) in [7, 11) is -1.01. The lowest BCUT2D eigenvalue weighted by Crippen LogP contribution is -2.14. The standard InChI is InChI=1S/C10H12F3NOS/c1-16(15)7-6-14-9-5-3-2-4-8(9)10(11,12)13/h2-5,14H,6-7H2,1H3. The number of rotatable bonds is 4. The fourth-order valence-corrected chi connectivity index (χ4v) is 1.60. The van der Waals surface area contributed by atoms with Crippen LogP contribution in [0.1, 0.15) is 5.56 Å². The van der Waals surface area contributed by atoms with Crippen molar-refractivity contribution in [3.8, 4) is 0 Å². The normalized spacial score (nSPS) is 13.5. The van der Waals surface area contributed by atoms with Crippen molar-refractivity contribution in [2.45, 2.75) is 6.18 Å². The van der Waals surface area contributed by atoms with E-state index in [-0.39, 0.29) is 12.2 Å². The Kier molecular flexibility index (Phi) is 4.35. The summed E-state index contributed by atoms with van der Waals surface area (Å²) in [5, 5.41) is 2.64. The summed E-state index contributed by atoms with van der Waals surface area (Å²) in [6.07, 6.45) is -2.85. The number of alkyl halides is 3. The molecule has 1 rings (SSSR count). The first-order chi connectivity index (χ1) is 7.41. The van der Waals surface area contributed by atoms with Crippen LogP contribution < -0.4 is 5.32 Å². The molecule has 0 amide bonds. The van der Waals surface area contributed by atoms with E-state index in [4.69, 9.17) is 0 Å². The summed E-state index contributed by atoms with van der Waals surface area (Å²) in [4.78, 5) is 0. The van der Waals surface area contributed by atoms with Gasteiger partial charge in [-0.1, -0.05) is 12.1 Å². The Morgan fingerprint density at radius 3 is 2.50 bits per heavy atom. The van der Waals surface area contributed by atoms with Crippen molar-refractivity contribution in [2.24, 2.45) is 0 Å². The zero-order valence-electron chi connectivity index (χ0n) is 8.67. The van der Waals surface area contributed by atoms with Crippen LogP contribution in [0.3, 0.4) is 0 Å². The lowest BCUT2D eigenvalue weighted by atomic mass is 10.1. The molecular formula is C10H12F3NOS. The largest absolute Gasteiger partial charge is 0.418 e. The molecule has 0 aliphatic rings. The highest BCUT2D eigenvalue weighted by Crippen LogP contribution is 2.34. The Balaban J connectivity index is 2.76. The van der Waals surface area contributed by atoms with Crippen molar-refractivity contribution < 1.29 is 17.4 Å². The van der Waals surface area contributed by atoms with E-state index in [0.29, 0.717) is 5.75 Å². The molecular weight excluding hydrogens is 239 g/mol. The molecule has 0 spiro atoms. The topological polar surface area (TPSA) is 29.1 Å². The van der Waals surface area contributed by atoms with E-state index in [1.54, 1.807) is 0 Å². The van der Waals surface area contributed by atoms with Crippen molar-refractivity contribution in [3.05, 3.63) is 29.8 Å². The predicted octanol–water partition coefficient (Wildman–Crippen LogP) is 2.50. The maximum atomic E-state index is 12.5. The molecule has 0 heterocycles. The van der Waals surface area contributed by atoms with E-state index in [1.807, 2.05) is 0 Å². The van der Waals surface area contributed by atoms with Crippen molar-refractivity contribution >= 4 is 16.5 Å². The van der Waals surface area contributed by atoms with Gasteiger partial charge in [-0.25, -0.2) is 0 Å². The molecule has 1 N–H and O–H groups in total. The summed E-state index contributed by atoms with van der Waals surface area (Å²) in [6, 6.07) is 5.25. The van der Waals surface area contributed by atoms with Gasteiger partial charge in [0.25, 0.3) is 0 Å². The van der Waals surface area contributed by atoms with E-state index >= 15 is 0 Å². The fraction of sp³-hybridized carbons (Fsp3) is 0.400. The fourth-order valence-electron chi connectivity index (χ4n) is 1.21. The molecule has 90 valence electrons. The maximum Gasteiger partial charge on any atom is 0.418 e. The lowest BCUT2D eigenvalue weighted by Gasteiger charge is -2.13. The molecule has 0 radical (unpaired) electrons. The van der Waals surface area contributed by atoms with Crippen LogP contribution in [0, 0.1) is 0 Å². The van der Waals surface area contributed by atoms with Gasteiger partial charge in [-0.05, 0) is 12.1 Å². The second-order valence-corrected chi connectivity index (χ2v) is 4.80. The smallest absolute Gasteiger partial charge is 0.384 e. The number of hydrogen-bond acceptors (Lipinski definition) is 2. The molecule has 0 saturated heterocycles. The molecule has 1 atom stereocenters. The van der Waals surface area contributed by atoms with Gasteiger partial charge in [-0.2, -0.15) is 13.2 Å². The van der Waals surface area contributed by atoms with Crippen molar-refractivity contribution in [1.82, 2.24) is 0 Å². The van der Waals surface area contributed by atoms with Crippen LogP contribution in [-0.4, -0.2) is 22.8 Å². The summed E-state index contributed by atoms with van der Waals surface area (Å²) in [5.41, 5.74) is -0.669. The van der Waals surface area contributed by atoms with Crippen LogP contribution in [0.4, 0.5) is 18.9 Å². The average Bonchev–Trinajstić information content (AvgIpc) is 2.16. The van der Waals surface area contributed by atoms with Crippen LogP contribution >= 0.6 is 0 Å². The number of halogens is 3. The number of anilines is 1. The number of benzene rings is 1. The first-order valence-corrected chi connectivity index (χ1v) is 6.34. The van der Waals surface area contributed by atoms with Crippen molar-refractivity contribution in [3.63, 3.8) is 0 Å². The van der Waals surface area contributed by atoms with E-state index in [2.05, 4.69) is 5.32 Å². The molecule has 0 fully saturated rings. The number of para-hydroxylation sites is 1. The molecule has 0 bridgehead atoms. The minimum atomic E-state index is -4.37. The van der Waals surface area contributed by atoms with Gasteiger partial charge in [0, 0.05) is 35.0 Å². The minimum absolute atomic E-state index is 0.0282. The zero-order chi connectivity index (χ0) is 12.2. The van der Waals surface area contributed by atoms with Crippen LogP contribution in [0.5, 0.6) is 0 Å². The van der Waals surface area contributed by atoms with Crippen LogP contribution in [0.25, 0.3) is 0 Å². The Bertz CT molecular complexity index is 379. The van der Waals surface area contributed by atoms with Gasteiger partial charge in [-0.15, -0.1) is 0 Å². The van der Waals surface area contributed by atoms with E-state index in [1.165, 1.54) is 24.5 Å². The second kappa shape index (κ2) is 5.34.